The van der Waals surface area contributed by atoms with Crippen molar-refractivity contribution < 1.29 is 18.3 Å². The highest BCUT2D eigenvalue weighted by Gasteiger charge is 2.36. The summed E-state index contributed by atoms with van der Waals surface area (Å²) >= 11 is 3.40. The summed E-state index contributed by atoms with van der Waals surface area (Å²) in [6.45, 7) is 0.865. The van der Waals surface area contributed by atoms with Gasteiger partial charge in [0.15, 0.2) is 0 Å². The van der Waals surface area contributed by atoms with E-state index >= 15 is 0 Å². The van der Waals surface area contributed by atoms with E-state index in [1.807, 2.05) is 29.2 Å². The number of nitrogens with zero attached hydrogens (tertiary/aromatic N) is 3. The maximum atomic E-state index is 14.0. The molecule has 1 aliphatic carbocycles. The molecular weight excluding hydrogens is 499 g/mol. The van der Waals surface area contributed by atoms with E-state index < -0.39 is 23.4 Å². The molecule has 0 saturated carbocycles. The van der Waals surface area contributed by atoms with Crippen molar-refractivity contribution in [2.45, 2.75) is 38.0 Å². The third-order valence-electron chi connectivity index (χ3n) is 6.32. The molecule has 2 heterocycles. The van der Waals surface area contributed by atoms with E-state index in [1.54, 1.807) is 0 Å². The lowest BCUT2D eigenvalue weighted by Crippen LogP contribution is -2.29. The van der Waals surface area contributed by atoms with Gasteiger partial charge in [-0.1, -0.05) is 28.1 Å². The molecule has 2 aliphatic rings. The summed E-state index contributed by atoms with van der Waals surface area (Å²) in [5, 5.41) is 14.4. The van der Waals surface area contributed by atoms with Gasteiger partial charge in [-0.15, -0.1) is 0 Å². The fourth-order valence-electron chi connectivity index (χ4n) is 4.69. The van der Waals surface area contributed by atoms with Crippen LogP contribution in [0.25, 0.3) is 16.9 Å². The molecule has 1 aromatic heterocycles. The van der Waals surface area contributed by atoms with Crippen LogP contribution in [0.4, 0.5) is 18.9 Å². The number of halogens is 4. The first-order valence-corrected chi connectivity index (χ1v) is 11.6. The Morgan fingerprint density at radius 2 is 1.79 bits per heavy atom. The summed E-state index contributed by atoms with van der Waals surface area (Å²) in [6, 6.07) is 11.1. The quantitative estimate of drug-likeness (QED) is 0.542. The molecule has 1 atom stereocenters. The van der Waals surface area contributed by atoms with E-state index in [1.165, 1.54) is 12.1 Å². The van der Waals surface area contributed by atoms with Gasteiger partial charge in [-0.05, 0) is 61.6 Å². The SMILES string of the molecule is O=c1c2c(c(-c3ccc(Br)cc3)nn1-c1cc(N3CCC(O)C3)ccc1C(F)(F)F)CCC2. The van der Waals surface area contributed by atoms with Crippen LogP contribution < -0.4 is 10.5 Å². The van der Waals surface area contributed by atoms with Gasteiger partial charge in [0.2, 0.25) is 0 Å². The van der Waals surface area contributed by atoms with E-state index in [4.69, 9.17) is 0 Å². The van der Waals surface area contributed by atoms with E-state index in [-0.39, 0.29) is 5.69 Å². The lowest BCUT2D eigenvalue weighted by Gasteiger charge is -2.22. The van der Waals surface area contributed by atoms with Crippen LogP contribution in [0, 0.1) is 0 Å². The van der Waals surface area contributed by atoms with Gasteiger partial charge >= 0.3 is 6.18 Å². The molecule has 0 amide bonds. The molecule has 0 radical (unpaired) electrons. The zero-order chi connectivity index (χ0) is 23.3. The maximum absolute atomic E-state index is 14.0. The van der Waals surface area contributed by atoms with Gasteiger partial charge in [0.1, 0.15) is 0 Å². The van der Waals surface area contributed by atoms with Gasteiger partial charge in [0.05, 0.1) is 23.0 Å². The number of hydrogen-bond acceptors (Lipinski definition) is 4. The standard InChI is InChI=1S/C24H21BrF3N3O2/c25-15-6-4-14(5-7-15)22-18-2-1-3-19(18)23(33)31(29-22)21-12-16(30-11-10-17(32)13-30)8-9-20(21)24(26,27)28/h4-9,12,17,32H,1-3,10-11,13H2. The summed E-state index contributed by atoms with van der Waals surface area (Å²) in [5.74, 6) is 0. The molecule has 1 unspecified atom stereocenters. The van der Waals surface area contributed by atoms with Gasteiger partial charge < -0.3 is 10.0 Å². The van der Waals surface area contributed by atoms with Crippen LogP contribution in [0.1, 0.15) is 29.5 Å². The van der Waals surface area contributed by atoms with E-state index in [0.29, 0.717) is 49.3 Å². The Hall–Kier alpha value is -2.65. The van der Waals surface area contributed by atoms with Crippen LogP contribution in [0.15, 0.2) is 51.7 Å². The second-order valence-corrected chi connectivity index (χ2v) is 9.39. The van der Waals surface area contributed by atoms with Gasteiger partial charge in [-0.25, -0.2) is 0 Å². The number of hydrogen-bond donors (Lipinski definition) is 1. The lowest BCUT2D eigenvalue weighted by atomic mass is 10.0. The number of aliphatic hydroxyl groups is 1. The van der Waals surface area contributed by atoms with Crippen molar-refractivity contribution in [1.29, 1.82) is 0 Å². The molecule has 9 heteroatoms. The van der Waals surface area contributed by atoms with E-state index in [2.05, 4.69) is 21.0 Å². The highest BCUT2D eigenvalue weighted by atomic mass is 79.9. The number of aliphatic hydroxyl groups excluding tert-OH is 1. The molecule has 1 N–H and O–H groups in total. The molecule has 5 rings (SSSR count). The number of alkyl halides is 3. The predicted molar refractivity (Wildman–Crippen MR) is 123 cm³/mol. The number of benzene rings is 2. The third kappa shape index (κ3) is 4.08. The van der Waals surface area contributed by atoms with Gasteiger partial charge in [0, 0.05) is 34.4 Å². The fourth-order valence-corrected chi connectivity index (χ4v) is 4.95. The average molecular weight is 520 g/mol. The predicted octanol–water partition coefficient (Wildman–Crippen LogP) is 4.74. The first-order valence-electron chi connectivity index (χ1n) is 10.8. The number of fused-ring (bicyclic) bond motifs is 1. The van der Waals surface area contributed by atoms with Crippen molar-refractivity contribution >= 4 is 21.6 Å². The van der Waals surface area contributed by atoms with Crippen molar-refractivity contribution in [3.8, 4) is 16.9 Å². The topological polar surface area (TPSA) is 58.4 Å². The van der Waals surface area contributed by atoms with Crippen molar-refractivity contribution in [3.05, 3.63) is 74.0 Å². The molecule has 3 aromatic rings. The molecule has 33 heavy (non-hydrogen) atoms. The molecule has 1 fully saturated rings. The minimum Gasteiger partial charge on any atom is -0.391 e. The van der Waals surface area contributed by atoms with E-state index in [9.17, 15) is 23.1 Å². The Labute approximate surface area is 196 Å². The zero-order valence-electron chi connectivity index (χ0n) is 17.6. The summed E-state index contributed by atoms with van der Waals surface area (Å²) < 4.78 is 43.7. The van der Waals surface area contributed by atoms with Crippen LogP contribution in [-0.2, 0) is 19.0 Å². The summed E-state index contributed by atoms with van der Waals surface area (Å²) in [4.78, 5) is 15.2. The van der Waals surface area contributed by atoms with Crippen LogP contribution in [0.5, 0.6) is 0 Å². The highest BCUT2D eigenvalue weighted by Crippen LogP contribution is 2.37. The number of β-amino-alcohol motifs (C(OH)–C–C–N with tert-alkyl or cyclic N) is 1. The van der Waals surface area contributed by atoms with E-state index in [0.717, 1.165) is 32.8 Å². The summed E-state index contributed by atoms with van der Waals surface area (Å²) in [5.41, 5.74) is 1.42. The molecule has 5 nitrogen and oxygen atoms in total. The number of anilines is 1. The Bertz CT molecular complexity index is 1270. The Balaban J connectivity index is 1.74. The molecule has 1 saturated heterocycles. The summed E-state index contributed by atoms with van der Waals surface area (Å²) in [7, 11) is 0. The number of aromatic nitrogens is 2. The molecule has 2 aromatic carbocycles. The molecule has 1 aliphatic heterocycles. The van der Waals surface area contributed by atoms with Gasteiger partial charge in [0.25, 0.3) is 5.56 Å². The zero-order valence-corrected chi connectivity index (χ0v) is 19.2. The summed E-state index contributed by atoms with van der Waals surface area (Å²) in [6.07, 6.45) is -2.70. The Kier molecular flexibility index (Phi) is 5.56. The lowest BCUT2D eigenvalue weighted by molar-refractivity contribution is -0.137. The first kappa shape index (κ1) is 22.2. The third-order valence-corrected chi connectivity index (χ3v) is 6.84. The normalized spacial score (nSPS) is 18.1. The van der Waals surface area contributed by atoms with Gasteiger partial charge in [-0.2, -0.15) is 23.0 Å². The Morgan fingerprint density at radius 1 is 1.06 bits per heavy atom. The second-order valence-electron chi connectivity index (χ2n) is 8.47. The van der Waals surface area contributed by atoms with Crippen molar-refractivity contribution in [2.24, 2.45) is 0 Å². The van der Waals surface area contributed by atoms with Crippen molar-refractivity contribution in [1.82, 2.24) is 9.78 Å². The largest absolute Gasteiger partial charge is 0.418 e. The van der Waals surface area contributed by atoms with Crippen LogP contribution in [0.2, 0.25) is 0 Å². The van der Waals surface area contributed by atoms with Crippen molar-refractivity contribution in [3.63, 3.8) is 0 Å². The van der Waals surface area contributed by atoms with Crippen molar-refractivity contribution in [2.75, 3.05) is 18.0 Å². The second kappa shape index (κ2) is 8.29. The van der Waals surface area contributed by atoms with Gasteiger partial charge in [-0.3, -0.25) is 4.79 Å². The average Bonchev–Trinajstić information content (AvgIpc) is 3.44. The monoisotopic (exact) mass is 519 g/mol. The fraction of sp³-hybridized carbons (Fsp3) is 0.333. The molecule has 0 spiro atoms. The van der Waals surface area contributed by atoms with Crippen LogP contribution >= 0.6 is 15.9 Å². The van der Waals surface area contributed by atoms with Crippen LogP contribution in [0.3, 0.4) is 0 Å². The molecule has 0 bridgehead atoms. The maximum Gasteiger partial charge on any atom is 0.418 e. The smallest absolute Gasteiger partial charge is 0.391 e. The molecule has 172 valence electrons. The number of rotatable bonds is 3. The molecular formula is C24H21BrF3N3O2. The van der Waals surface area contributed by atoms with Crippen LogP contribution in [-0.4, -0.2) is 34.1 Å². The minimum atomic E-state index is -4.66. The highest BCUT2D eigenvalue weighted by molar-refractivity contribution is 9.10. The first-order chi connectivity index (χ1) is 15.7. The minimum absolute atomic E-state index is 0.292. The Morgan fingerprint density at radius 3 is 2.45 bits per heavy atom.